The number of amides is 1. The lowest BCUT2D eigenvalue weighted by molar-refractivity contribution is -0.127. The van der Waals surface area contributed by atoms with E-state index in [9.17, 15) is 9.59 Å². The Morgan fingerprint density at radius 2 is 1.82 bits per heavy atom. The van der Waals surface area contributed by atoms with Gasteiger partial charge in [-0.05, 0) is 50.2 Å². The van der Waals surface area contributed by atoms with E-state index in [2.05, 4.69) is 11.1 Å². The van der Waals surface area contributed by atoms with Gasteiger partial charge in [0.1, 0.15) is 0 Å². The molecule has 3 aromatic rings. The van der Waals surface area contributed by atoms with Crippen LogP contribution in [0.3, 0.4) is 0 Å². The van der Waals surface area contributed by atoms with Crippen LogP contribution >= 0.6 is 11.8 Å². The van der Waals surface area contributed by atoms with Gasteiger partial charge >= 0.3 is 0 Å². The van der Waals surface area contributed by atoms with Crippen molar-refractivity contribution in [1.82, 2.24) is 14.5 Å². The molecule has 0 aliphatic rings. The lowest BCUT2D eigenvalue weighted by atomic mass is 10.2. The van der Waals surface area contributed by atoms with Crippen molar-refractivity contribution in [2.24, 2.45) is 0 Å². The van der Waals surface area contributed by atoms with Crippen molar-refractivity contribution in [1.29, 1.82) is 5.26 Å². The van der Waals surface area contributed by atoms with Crippen molar-refractivity contribution in [2.45, 2.75) is 19.0 Å². The van der Waals surface area contributed by atoms with Crippen LogP contribution in [0.5, 0.6) is 0 Å². The van der Waals surface area contributed by atoms with E-state index in [1.165, 1.54) is 16.3 Å². The summed E-state index contributed by atoms with van der Waals surface area (Å²) in [6.07, 6.45) is 0. The van der Waals surface area contributed by atoms with Gasteiger partial charge < -0.3 is 4.90 Å². The van der Waals surface area contributed by atoms with Crippen LogP contribution in [0.4, 0.5) is 0 Å². The van der Waals surface area contributed by atoms with Crippen molar-refractivity contribution in [3.05, 3.63) is 64.4 Å². The van der Waals surface area contributed by atoms with Gasteiger partial charge in [0, 0.05) is 13.1 Å². The highest BCUT2D eigenvalue weighted by Crippen LogP contribution is 2.22. The van der Waals surface area contributed by atoms with E-state index in [4.69, 9.17) is 5.26 Å². The Bertz CT molecular complexity index is 1100. The summed E-state index contributed by atoms with van der Waals surface area (Å²) in [7, 11) is 0. The Hall–Kier alpha value is -3.11. The fourth-order valence-electron chi connectivity index (χ4n) is 2.92. The van der Waals surface area contributed by atoms with Gasteiger partial charge in [-0.3, -0.25) is 14.2 Å². The molecule has 142 valence electrons. The molecule has 28 heavy (non-hydrogen) atoms. The Morgan fingerprint density at radius 1 is 1.14 bits per heavy atom. The molecule has 1 aromatic heterocycles. The first-order chi connectivity index (χ1) is 13.6. The van der Waals surface area contributed by atoms with E-state index in [0.717, 1.165) is 0 Å². The minimum atomic E-state index is -0.201. The summed E-state index contributed by atoms with van der Waals surface area (Å²) in [5.41, 5.74) is 1.51. The number of aromatic nitrogens is 2. The van der Waals surface area contributed by atoms with E-state index in [0.29, 0.717) is 40.4 Å². The smallest absolute Gasteiger partial charge is 0.266 e. The number of para-hydroxylation sites is 1. The average Bonchev–Trinajstić information content (AvgIpc) is 2.73. The molecule has 0 aliphatic carbocycles. The first-order valence-corrected chi connectivity index (χ1v) is 10.0. The summed E-state index contributed by atoms with van der Waals surface area (Å²) in [4.78, 5) is 31.9. The molecule has 0 aliphatic heterocycles. The zero-order chi connectivity index (χ0) is 20.1. The predicted molar refractivity (Wildman–Crippen MR) is 111 cm³/mol. The van der Waals surface area contributed by atoms with Gasteiger partial charge in [-0.25, -0.2) is 4.98 Å². The number of benzene rings is 2. The predicted octanol–water partition coefficient (Wildman–Crippen LogP) is 3.22. The maximum absolute atomic E-state index is 13.1. The molecule has 0 spiro atoms. The molecule has 0 N–H and O–H groups in total. The van der Waals surface area contributed by atoms with Gasteiger partial charge in [0.25, 0.3) is 5.56 Å². The first kappa shape index (κ1) is 19.6. The van der Waals surface area contributed by atoms with Crippen LogP contribution < -0.4 is 5.56 Å². The van der Waals surface area contributed by atoms with Crippen LogP contribution in [0, 0.1) is 11.3 Å². The summed E-state index contributed by atoms with van der Waals surface area (Å²) in [5, 5.41) is 9.97. The fourth-order valence-corrected chi connectivity index (χ4v) is 3.83. The van der Waals surface area contributed by atoms with Gasteiger partial charge in [0.05, 0.1) is 34.0 Å². The second kappa shape index (κ2) is 8.72. The van der Waals surface area contributed by atoms with E-state index in [1.54, 1.807) is 47.4 Å². The molecule has 0 bridgehead atoms. The summed E-state index contributed by atoms with van der Waals surface area (Å²) in [6.45, 7) is 5.16. The van der Waals surface area contributed by atoms with Crippen LogP contribution in [0.25, 0.3) is 16.6 Å². The Kier molecular flexibility index (Phi) is 6.12. The lowest BCUT2D eigenvalue weighted by Crippen LogP contribution is -2.32. The number of carbonyl (C=O) groups excluding carboxylic acids is 1. The number of thioether (sulfide) groups is 1. The number of nitriles is 1. The van der Waals surface area contributed by atoms with Crippen molar-refractivity contribution < 1.29 is 4.79 Å². The Balaban J connectivity index is 2.08. The van der Waals surface area contributed by atoms with Crippen molar-refractivity contribution in [2.75, 3.05) is 18.8 Å². The Labute approximate surface area is 167 Å². The summed E-state index contributed by atoms with van der Waals surface area (Å²) < 4.78 is 1.50. The van der Waals surface area contributed by atoms with E-state index in [1.807, 2.05) is 19.9 Å². The zero-order valence-corrected chi connectivity index (χ0v) is 16.6. The van der Waals surface area contributed by atoms with Gasteiger partial charge in [-0.1, -0.05) is 23.9 Å². The fraction of sp³-hybridized carbons (Fsp3) is 0.238. The number of hydrogen-bond acceptors (Lipinski definition) is 5. The number of rotatable bonds is 6. The second-order valence-electron chi connectivity index (χ2n) is 6.07. The summed E-state index contributed by atoms with van der Waals surface area (Å²) in [5.74, 6) is 0.201. The van der Waals surface area contributed by atoms with E-state index in [-0.39, 0.29) is 17.2 Å². The molecule has 7 heteroatoms. The maximum atomic E-state index is 13.1. The lowest BCUT2D eigenvalue weighted by Gasteiger charge is -2.19. The molecule has 3 rings (SSSR count). The molecule has 2 aromatic carbocycles. The van der Waals surface area contributed by atoms with Gasteiger partial charge in [0.15, 0.2) is 5.16 Å². The first-order valence-electron chi connectivity index (χ1n) is 9.02. The quantitative estimate of drug-likeness (QED) is 0.475. The monoisotopic (exact) mass is 392 g/mol. The van der Waals surface area contributed by atoms with Crippen LogP contribution in [0.15, 0.2) is 58.5 Å². The van der Waals surface area contributed by atoms with Gasteiger partial charge in [-0.15, -0.1) is 0 Å². The van der Waals surface area contributed by atoms with E-state index < -0.39 is 0 Å². The second-order valence-corrected chi connectivity index (χ2v) is 7.01. The maximum Gasteiger partial charge on any atom is 0.266 e. The number of nitrogens with zero attached hydrogens (tertiary/aromatic N) is 4. The molecule has 0 radical (unpaired) electrons. The third-order valence-corrected chi connectivity index (χ3v) is 5.36. The minimum Gasteiger partial charge on any atom is -0.343 e. The third kappa shape index (κ3) is 3.92. The summed E-state index contributed by atoms with van der Waals surface area (Å²) >= 11 is 1.24. The van der Waals surface area contributed by atoms with Crippen LogP contribution in [0.1, 0.15) is 19.4 Å². The highest BCUT2D eigenvalue weighted by atomic mass is 32.2. The van der Waals surface area contributed by atoms with Crippen molar-refractivity contribution in [3.8, 4) is 11.8 Å². The molecule has 0 atom stereocenters. The minimum absolute atomic E-state index is 0.00351. The topological polar surface area (TPSA) is 79.0 Å². The highest BCUT2D eigenvalue weighted by Gasteiger charge is 2.16. The SMILES string of the molecule is CCN(CC)C(=O)CSc1nc2ccccc2c(=O)n1-c1ccc(C#N)cc1. The molecule has 0 unspecified atom stereocenters. The average molecular weight is 392 g/mol. The standard InChI is InChI=1S/C21H20N4O2S/c1-3-24(4-2)19(26)14-28-21-23-18-8-6-5-7-17(18)20(27)25(21)16-11-9-15(13-22)10-12-16/h5-12H,3-4,14H2,1-2H3. The van der Waals surface area contributed by atoms with Crippen LogP contribution in [-0.2, 0) is 4.79 Å². The van der Waals surface area contributed by atoms with Gasteiger partial charge in [0.2, 0.25) is 5.91 Å². The third-order valence-electron chi connectivity index (χ3n) is 4.44. The largest absolute Gasteiger partial charge is 0.343 e. The number of carbonyl (C=O) groups is 1. The molecular weight excluding hydrogens is 372 g/mol. The van der Waals surface area contributed by atoms with Gasteiger partial charge in [-0.2, -0.15) is 5.26 Å². The summed E-state index contributed by atoms with van der Waals surface area (Å²) in [6, 6.07) is 16.0. The Morgan fingerprint density at radius 3 is 2.46 bits per heavy atom. The molecule has 0 saturated carbocycles. The molecular formula is C21H20N4O2S. The number of hydrogen-bond donors (Lipinski definition) is 0. The normalized spacial score (nSPS) is 10.6. The molecule has 1 heterocycles. The molecule has 1 amide bonds. The van der Waals surface area contributed by atoms with Crippen LogP contribution in [-0.4, -0.2) is 39.2 Å². The highest BCUT2D eigenvalue weighted by molar-refractivity contribution is 7.99. The molecule has 0 fully saturated rings. The molecule has 0 saturated heterocycles. The van der Waals surface area contributed by atoms with Crippen LogP contribution in [0.2, 0.25) is 0 Å². The van der Waals surface area contributed by atoms with Crippen molar-refractivity contribution >= 4 is 28.6 Å². The molecule has 6 nitrogen and oxygen atoms in total. The zero-order valence-electron chi connectivity index (χ0n) is 15.8. The van der Waals surface area contributed by atoms with E-state index >= 15 is 0 Å². The number of fused-ring (bicyclic) bond motifs is 1. The van der Waals surface area contributed by atoms with Crippen molar-refractivity contribution in [3.63, 3.8) is 0 Å².